The minimum atomic E-state index is 0.320. The third-order valence-electron chi connectivity index (χ3n) is 4.82. The Labute approximate surface area is 100 Å². The lowest BCUT2D eigenvalue weighted by molar-refractivity contribution is -0.149. The Morgan fingerprint density at radius 2 is 2.12 bits per heavy atom. The zero-order valence-electron chi connectivity index (χ0n) is 11.1. The first-order chi connectivity index (χ1) is 7.65. The maximum atomic E-state index is 6.00. The molecule has 94 valence electrons. The predicted octanol–water partition coefficient (Wildman–Crippen LogP) is 2.97. The summed E-state index contributed by atoms with van der Waals surface area (Å²) in [6.45, 7) is 5.72. The average molecular weight is 225 g/mol. The van der Waals surface area contributed by atoms with E-state index in [0.717, 1.165) is 18.4 Å². The second-order valence-corrected chi connectivity index (χ2v) is 6.04. The summed E-state index contributed by atoms with van der Waals surface area (Å²) in [6.07, 6.45) is 7.92. The van der Waals surface area contributed by atoms with E-state index in [4.69, 9.17) is 4.74 Å². The summed E-state index contributed by atoms with van der Waals surface area (Å²) in [5.41, 5.74) is 0.320. The van der Waals surface area contributed by atoms with Crippen molar-refractivity contribution in [2.75, 3.05) is 13.7 Å². The SMILES string of the molecule is CNC(C)CC(C)C1CCOC2(CCC2)C1. The van der Waals surface area contributed by atoms with Crippen molar-refractivity contribution in [3.8, 4) is 0 Å². The molecule has 0 aromatic rings. The van der Waals surface area contributed by atoms with Crippen LogP contribution in [0, 0.1) is 11.8 Å². The monoisotopic (exact) mass is 225 g/mol. The number of ether oxygens (including phenoxy) is 1. The van der Waals surface area contributed by atoms with Crippen LogP contribution in [0.3, 0.4) is 0 Å². The molecular formula is C14H27NO. The van der Waals surface area contributed by atoms with Crippen LogP contribution in [-0.4, -0.2) is 25.3 Å². The van der Waals surface area contributed by atoms with E-state index in [9.17, 15) is 0 Å². The van der Waals surface area contributed by atoms with E-state index >= 15 is 0 Å². The normalized spacial score (nSPS) is 32.1. The van der Waals surface area contributed by atoms with Crippen molar-refractivity contribution in [1.29, 1.82) is 0 Å². The second-order valence-electron chi connectivity index (χ2n) is 6.04. The smallest absolute Gasteiger partial charge is 0.0685 e. The van der Waals surface area contributed by atoms with Crippen molar-refractivity contribution in [3.05, 3.63) is 0 Å². The number of nitrogens with one attached hydrogen (secondary N) is 1. The van der Waals surface area contributed by atoms with Gasteiger partial charge >= 0.3 is 0 Å². The molecule has 0 aromatic carbocycles. The number of rotatable bonds is 4. The van der Waals surface area contributed by atoms with Gasteiger partial charge in [-0.1, -0.05) is 6.92 Å². The summed E-state index contributed by atoms with van der Waals surface area (Å²) < 4.78 is 6.00. The van der Waals surface area contributed by atoms with Crippen molar-refractivity contribution < 1.29 is 4.74 Å². The van der Waals surface area contributed by atoms with Crippen LogP contribution in [0.1, 0.15) is 52.4 Å². The number of hydrogen-bond acceptors (Lipinski definition) is 2. The van der Waals surface area contributed by atoms with Gasteiger partial charge in [-0.25, -0.2) is 0 Å². The van der Waals surface area contributed by atoms with E-state index in [2.05, 4.69) is 26.2 Å². The van der Waals surface area contributed by atoms with Gasteiger partial charge in [-0.15, -0.1) is 0 Å². The highest BCUT2D eigenvalue weighted by Crippen LogP contribution is 2.46. The Morgan fingerprint density at radius 1 is 1.38 bits per heavy atom. The van der Waals surface area contributed by atoms with Gasteiger partial charge in [0, 0.05) is 12.6 Å². The van der Waals surface area contributed by atoms with E-state index < -0.39 is 0 Å². The third kappa shape index (κ3) is 2.60. The molecule has 2 nitrogen and oxygen atoms in total. The second kappa shape index (κ2) is 5.05. The van der Waals surface area contributed by atoms with Crippen LogP contribution in [0.4, 0.5) is 0 Å². The molecule has 1 saturated heterocycles. The van der Waals surface area contributed by atoms with Gasteiger partial charge < -0.3 is 10.1 Å². The highest BCUT2D eigenvalue weighted by Gasteiger charge is 2.43. The lowest BCUT2D eigenvalue weighted by Crippen LogP contribution is -2.47. The average Bonchev–Trinajstić information content (AvgIpc) is 2.27. The fourth-order valence-corrected chi connectivity index (χ4v) is 3.34. The van der Waals surface area contributed by atoms with Gasteiger partial charge in [0.15, 0.2) is 0 Å². The molecule has 2 rings (SSSR count). The molecule has 1 saturated carbocycles. The lowest BCUT2D eigenvalue weighted by atomic mass is 9.68. The third-order valence-corrected chi connectivity index (χ3v) is 4.82. The topological polar surface area (TPSA) is 21.3 Å². The molecule has 0 radical (unpaired) electrons. The summed E-state index contributed by atoms with van der Waals surface area (Å²) in [5.74, 6) is 1.73. The van der Waals surface area contributed by atoms with Crippen LogP contribution < -0.4 is 5.32 Å². The van der Waals surface area contributed by atoms with E-state index in [0.29, 0.717) is 11.6 Å². The van der Waals surface area contributed by atoms with Gasteiger partial charge in [-0.2, -0.15) is 0 Å². The van der Waals surface area contributed by atoms with Gasteiger partial charge in [0.2, 0.25) is 0 Å². The quantitative estimate of drug-likeness (QED) is 0.794. The van der Waals surface area contributed by atoms with Crippen LogP contribution in [0.5, 0.6) is 0 Å². The van der Waals surface area contributed by atoms with E-state index in [-0.39, 0.29) is 0 Å². The summed E-state index contributed by atoms with van der Waals surface area (Å²) in [5, 5.41) is 3.35. The molecule has 1 spiro atoms. The molecule has 3 atom stereocenters. The van der Waals surface area contributed by atoms with Gasteiger partial charge in [-0.3, -0.25) is 0 Å². The molecule has 0 bridgehead atoms. The molecular weight excluding hydrogens is 198 g/mol. The number of hydrogen-bond donors (Lipinski definition) is 1. The minimum absolute atomic E-state index is 0.320. The lowest BCUT2D eigenvalue weighted by Gasteiger charge is -2.48. The standard InChI is InChI=1S/C14H27NO/c1-11(9-12(2)15-3)13-5-8-16-14(10-13)6-4-7-14/h11-13,15H,4-10H2,1-3H3. The van der Waals surface area contributed by atoms with Crippen LogP contribution in [0.25, 0.3) is 0 Å². The largest absolute Gasteiger partial charge is 0.375 e. The molecule has 1 aliphatic carbocycles. The summed E-state index contributed by atoms with van der Waals surface area (Å²) >= 11 is 0. The fraction of sp³-hybridized carbons (Fsp3) is 1.00. The Hall–Kier alpha value is -0.0800. The first-order valence-corrected chi connectivity index (χ1v) is 6.96. The molecule has 1 heterocycles. The van der Waals surface area contributed by atoms with Gasteiger partial charge in [0.1, 0.15) is 0 Å². The van der Waals surface area contributed by atoms with Crippen LogP contribution in [0.2, 0.25) is 0 Å². The van der Waals surface area contributed by atoms with E-state index in [1.54, 1.807) is 0 Å². The van der Waals surface area contributed by atoms with Crippen molar-refractivity contribution in [3.63, 3.8) is 0 Å². The molecule has 0 aromatic heterocycles. The van der Waals surface area contributed by atoms with Crippen molar-refractivity contribution in [2.45, 2.75) is 64.0 Å². The first kappa shape index (κ1) is 12.4. The van der Waals surface area contributed by atoms with Crippen LogP contribution in [-0.2, 0) is 4.74 Å². The van der Waals surface area contributed by atoms with Gasteiger partial charge in [0.05, 0.1) is 5.60 Å². The highest BCUT2D eigenvalue weighted by atomic mass is 16.5. The molecule has 1 aliphatic heterocycles. The van der Waals surface area contributed by atoms with Crippen molar-refractivity contribution in [2.24, 2.45) is 11.8 Å². The molecule has 2 heteroatoms. The maximum absolute atomic E-state index is 6.00. The van der Waals surface area contributed by atoms with Crippen LogP contribution in [0.15, 0.2) is 0 Å². The van der Waals surface area contributed by atoms with Crippen molar-refractivity contribution in [1.82, 2.24) is 5.32 Å². The summed E-state index contributed by atoms with van der Waals surface area (Å²) in [4.78, 5) is 0. The Balaban J connectivity index is 1.84. The highest BCUT2D eigenvalue weighted by molar-refractivity contribution is 4.95. The summed E-state index contributed by atoms with van der Waals surface area (Å²) in [7, 11) is 2.06. The Kier molecular flexibility index (Phi) is 3.91. The fourth-order valence-electron chi connectivity index (χ4n) is 3.34. The van der Waals surface area contributed by atoms with Crippen LogP contribution >= 0.6 is 0 Å². The Morgan fingerprint density at radius 3 is 2.69 bits per heavy atom. The predicted molar refractivity (Wildman–Crippen MR) is 67.6 cm³/mol. The summed E-state index contributed by atoms with van der Waals surface area (Å²) in [6, 6.07) is 0.648. The molecule has 2 aliphatic rings. The van der Waals surface area contributed by atoms with E-state index in [1.807, 2.05) is 0 Å². The molecule has 16 heavy (non-hydrogen) atoms. The molecule has 2 fully saturated rings. The zero-order valence-corrected chi connectivity index (χ0v) is 11.1. The van der Waals surface area contributed by atoms with E-state index in [1.165, 1.54) is 38.5 Å². The van der Waals surface area contributed by atoms with Gasteiger partial charge in [0.25, 0.3) is 0 Å². The molecule has 3 unspecified atom stereocenters. The minimum Gasteiger partial charge on any atom is -0.375 e. The molecule has 1 N–H and O–H groups in total. The zero-order chi connectivity index (χ0) is 11.6. The van der Waals surface area contributed by atoms with Gasteiger partial charge in [-0.05, 0) is 64.3 Å². The Bertz CT molecular complexity index is 225. The first-order valence-electron chi connectivity index (χ1n) is 6.96. The van der Waals surface area contributed by atoms with Crippen molar-refractivity contribution >= 4 is 0 Å². The maximum Gasteiger partial charge on any atom is 0.0685 e. The molecule has 0 amide bonds.